The molecule has 268 valence electrons. The molecular weight excluding hydrogens is 616 g/mol. The van der Waals surface area contributed by atoms with E-state index in [1.54, 1.807) is 13.8 Å². The van der Waals surface area contributed by atoms with Crippen LogP contribution < -0.4 is 0 Å². The zero-order chi connectivity index (χ0) is 34.5. The second kappa shape index (κ2) is 15.7. The molecule has 7 heteroatoms. The summed E-state index contributed by atoms with van der Waals surface area (Å²) in [7, 11) is 0. The van der Waals surface area contributed by atoms with E-state index in [0.717, 1.165) is 49.7 Å². The predicted molar refractivity (Wildman–Crippen MR) is 188 cm³/mol. The molecule has 0 radical (unpaired) electrons. The van der Waals surface area contributed by atoms with Gasteiger partial charge in [0.1, 0.15) is 6.79 Å². The van der Waals surface area contributed by atoms with Crippen molar-refractivity contribution < 1.29 is 33.3 Å². The Morgan fingerprint density at radius 1 is 0.714 bits per heavy atom. The van der Waals surface area contributed by atoms with E-state index in [9.17, 15) is 9.59 Å². The summed E-state index contributed by atoms with van der Waals surface area (Å²) in [4.78, 5) is 28.2. The second-order valence-corrected chi connectivity index (χ2v) is 15.8. The molecule has 4 fully saturated rings. The fourth-order valence-corrected chi connectivity index (χ4v) is 10.9. The van der Waals surface area contributed by atoms with Gasteiger partial charge in [-0.25, -0.2) is 0 Å². The Balaban J connectivity index is 1.15. The summed E-state index contributed by atoms with van der Waals surface area (Å²) in [5, 5.41) is 0. The lowest BCUT2D eigenvalue weighted by Crippen LogP contribution is -2.57. The maximum atomic E-state index is 14.1. The maximum absolute atomic E-state index is 14.1. The number of carbonyl (C=O) groups is 2. The van der Waals surface area contributed by atoms with Crippen LogP contribution >= 0.6 is 0 Å². The van der Waals surface area contributed by atoms with E-state index in [4.69, 9.17) is 23.7 Å². The van der Waals surface area contributed by atoms with Gasteiger partial charge in [-0.2, -0.15) is 0 Å². The zero-order valence-electron chi connectivity index (χ0n) is 30.2. The average Bonchev–Trinajstić information content (AvgIpc) is 3.47. The molecule has 0 N–H and O–H groups in total. The van der Waals surface area contributed by atoms with E-state index in [-0.39, 0.29) is 36.8 Å². The number of fused-ring (bicyclic) bond motifs is 5. The van der Waals surface area contributed by atoms with Crippen molar-refractivity contribution in [2.75, 3.05) is 26.6 Å². The van der Waals surface area contributed by atoms with Crippen LogP contribution in [0.5, 0.6) is 0 Å². The molecule has 2 aromatic carbocycles. The monoisotopic (exact) mass is 674 g/mol. The SMILES string of the molecule is CCOC(=O)C(COCc1ccccc1)(C(=O)OCC)[C@H]1CC[C@H]2[C@@H]3CC[C@@H]4C[C@](C)(OCOCc5ccccc5)CC[C@@H]4[C@H]3CC[C@]12C. The van der Waals surface area contributed by atoms with Crippen molar-refractivity contribution in [2.45, 2.75) is 104 Å². The summed E-state index contributed by atoms with van der Waals surface area (Å²) >= 11 is 0. The van der Waals surface area contributed by atoms with Crippen LogP contribution in [0, 0.1) is 46.3 Å². The van der Waals surface area contributed by atoms with Crippen molar-refractivity contribution in [3.05, 3.63) is 71.8 Å². The summed E-state index contributed by atoms with van der Waals surface area (Å²) in [6.45, 7) is 9.87. The quantitative estimate of drug-likeness (QED) is 0.0860. The van der Waals surface area contributed by atoms with Crippen LogP contribution in [0.15, 0.2) is 60.7 Å². The minimum Gasteiger partial charge on any atom is -0.465 e. The third-order valence-corrected chi connectivity index (χ3v) is 13.1. The first-order chi connectivity index (χ1) is 23.7. The molecule has 0 aliphatic heterocycles. The van der Waals surface area contributed by atoms with Gasteiger partial charge in [0, 0.05) is 0 Å². The topological polar surface area (TPSA) is 80.3 Å². The molecule has 4 saturated carbocycles. The fraction of sp³-hybridized carbons (Fsp3) is 0.667. The number of rotatable bonds is 14. The van der Waals surface area contributed by atoms with E-state index in [2.05, 4.69) is 26.0 Å². The Kier molecular flexibility index (Phi) is 11.5. The van der Waals surface area contributed by atoms with E-state index in [0.29, 0.717) is 49.6 Å². The third kappa shape index (κ3) is 7.36. The maximum Gasteiger partial charge on any atom is 0.326 e. The van der Waals surface area contributed by atoms with Crippen molar-refractivity contribution in [3.8, 4) is 0 Å². The molecule has 0 unspecified atom stereocenters. The zero-order valence-corrected chi connectivity index (χ0v) is 30.2. The van der Waals surface area contributed by atoms with Gasteiger partial charge in [-0.1, -0.05) is 67.6 Å². The Bertz CT molecular complexity index is 1360. The Hall–Kier alpha value is -2.74. The molecule has 2 aromatic rings. The highest BCUT2D eigenvalue weighted by Gasteiger charge is 2.67. The van der Waals surface area contributed by atoms with Crippen molar-refractivity contribution in [1.82, 2.24) is 0 Å². The number of ether oxygens (including phenoxy) is 5. The van der Waals surface area contributed by atoms with Gasteiger partial charge in [0.15, 0.2) is 5.41 Å². The first kappa shape index (κ1) is 36.1. The van der Waals surface area contributed by atoms with Crippen LogP contribution in [0.2, 0.25) is 0 Å². The lowest BCUT2D eigenvalue weighted by atomic mass is 9.47. The van der Waals surface area contributed by atoms with Gasteiger partial charge < -0.3 is 23.7 Å². The van der Waals surface area contributed by atoms with Crippen molar-refractivity contribution in [2.24, 2.45) is 46.3 Å². The number of hydrogen-bond acceptors (Lipinski definition) is 7. The fourth-order valence-electron chi connectivity index (χ4n) is 10.9. The summed E-state index contributed by atoms with van der Waals surface area (Å²) < 4.78 is 30.1. The van der Waals surface area contributed by atoms with Crippen LogP contribution in [0.3, 0.4) is 0 Å². The van der Waals surface area contributed by atoms with Crippen molar-refractivity contribution >= 4 is 11.9 Å². The van der Waals surface area contributed by atoms with Crippen LogP contribution in [-0.4, -0.2) is 44.2 Å². The van der Waals surface area contributed by atoms with Gasteiger partial charge >= 0.3 is 11.9 Å². The molecule has 8 atom stereocenters. The first-order valence-electron chi connectivity index (χ1n) is 19.0. The van der Waals surface area contributed by atoms with E-state index in [1.165, 1.54) is 19.3 Å². The van der Waals surface area contributed by atoms with Crippen LogP contribution in [0.25, 0.3) is 0 Å². The summed E-state index contributed by atoms with van der Waals surface area (Å²) in [5.41, 5.74) is 0.363. The molecule has 0 bridgehead atoms. The van der Waals surface area contributed by atoms with Gasteiger partial charge in [-0.3, -0.25) is 9.59 Å². The van der Waals surface area contributed by atoms with E-state index < -0.39 is 17.4 Å². The highest BCUT2D eigenvalue weighted by atomic mass is 16.7. The number of benzene rings is 2. The van der Waals surface area contributed by atoms with Gasteiger partial charge in [-0.05, 0) is 131 Å². The number of esters is 2. The normalized spacial score (nSPS) is 32.4. The Morgan fingerprint density at radius 3 is 1.96 bits per heavy atom. The molecule has 4 aliphatic rings. The molecule has 49 heavy (non-hydrogen) atoms. The minimum atomic E-state index is -1.49. The van der Waals surface area contributed by atoms with Gasteiger partial charge in [-0.15, -0.1) is 0 Å². The van der Waals surface area contributed by atoms with Crippen molar-refractivity contribution in [1.29, 1.82) is 0 Å². The van der Waals surface area contributed by atoms with Crippen LogP contribution in [0.4, 0.5) is 0 Å². The molecule has 0 aromatic heterocycles. The molecule has 0 amide bonds. The smallest absolute Gasteiger partial charge is 0.326 e. The van der Waals surface area contributed by atoms with Crippen molar-refractivity contribution in [3.63, 3.8) is 0 Å². The third-order valence-electron chi connectivity index (χ3n) is 13.1. The molecule has 0 spiro atoms. The van der Waals surface area contributed by atoms with Crippen LogP contribution in [-0.2, 0) is 46.5 Å². The Labute approximate surface area is 293 Å². The molecular formula is C42H58O7. The average molecular weight is 675 g/mol. The molecule has 0 saturated heterocycles. The highest BCUT2D eigenvalue weighted by Crippen LogP contribution is 2.67. The van der Waals surface area contributed by atoms with Gasteiger partial charge in [0.05, 0.1) is 38.6 Å². The predicted octanol–water partition coefficient (Wildman–Crippen LogP) is 8.53. The van der Waals surface area contributed by atoms with Gasteiger partial charge in [0.25, 0.3) is 0 Å². The lowest BCUT2D eigenvalue weighted by molar-refractivity contribution is -0.192. The first-order valence-corrected chi connectivity index (χ1v) is 19.0. The number of carbonyl (C=O) groups excluding carboxylic acids is 2. The van der Waals surface area contributed by atoms with E-state index in [1.807, 2.05) is 48.5 Å². The Morgan fingerprint density at radius 2 is 1.33 bits per heavy atom. The standard InChI is InChI=1S/C42H58O7/c1-5-47-38(43)42(39(44)48-6-2,28-45-26-30-13-9-7-10-14-30)37-20-19-36-35-18-17-32-25-40(3,49-29-46-27-31-15-11-8-12-16-31)23-21-33(32)34(35)22-24-41(36,37)4/h7-16,32-37H,5-6,17-29H2,1-4H3/t32-,33+,34-,35-,36+,37+,40-,41+/m1/s1. The second-order valence-electron chi connectivity index (χ2n) is 15.8. The minimum absolute atomic E-state index is 0.0288. The number of hydrogen-bond donors (Lipinski definition) is 0. The van der Waals surface area contributed by atoms with E-state index >= 15 is 0 Å². The summed E-state index contributed by atoms with van der Waals surface area (Å²) in [6.07, 6.45) is 9.74. The van der Waals surface area contributed by atoms with Crippen LogP contribution in [0.1, 0.15) is 96.6 Å². The molecule has 6 rings (SSSR count). The highest BCUT2D eigenvalue weighted by molar-refractivity contribution is 6.01. The summed E-state index contributed by atoms with van der Waals surface area (Å²) in [6, 6.07) is 20.2. The molecule has 7 nitrogen and oxygen atoms in total. The lowest BCUT2D eigenvalue weighted by Gasteiger charge is -2.58. The van der Waals surface area contributed by atoms with Gasteiger partial charge in [0.2, 0.25) is 0 Å². The molecule has 0 heterocycles. The summed E-state index contributed by atoms with van der Waals surface area (Å²) in [5.74, 6) is 1.96. The largest absolute Gasteiger partial charge is 0.465 e. The molecule has 4 aliphatic carbocycles.